The zero-order chi connectivity index (χ0) is 23.7. The fraction of sp³-hybridized carbons (Fsp3) is 0.440. The van der Waals surface area contributed by atoms with E-state index >= 15 is 0 Å². The number of nitriles is 1. The van der Waals surface area contributed by atoms with Gasteiger partial charge in [-0.15, -0.1) is 11.3 Å². The molecule has 1 N–H and O–H groups in total. The molecule has 4 heterocycles. The number of hydrogen-bond acceptors (Lipinski definition) is 7. The Hall–Kier alpha value is -3.06. The van der Waals surface area contributed by atoms with E-state index in [1.807, 2.05) is 36.9 Å². The molecule has 34 heavy (non-hydrogen) atoms. The maximum absolute atomic E-state index is 13.0. The number of carbonyl (C=O) groups is 1. The predicted octanol–water partition coefficient (Wildman–Crippen LogP) is 4.08. The summed E-state index contributed by atoms with van der Waals surface area (Å²) in [4.78, 5) is 27.8. The van der Waals surface area contributed by atoms with Crippen LogP contribution < -0.4 is 5.32 Å². The SMILES string of the molecule is CC1=CC(c2sc(NC(=O)N3CCN(C4COC4)CC3)nc2-c2cccc(C#N)c2)CC(C)=N1. The lowest BCUT2D eigenvalue weighted by Gasteiger charge is -2.42. The summed E-state index contributed by atoms with van der Waals surface area (Å²) in [7, 11) is 0. The molecule has 9 heteroatoms. The second kappa shape index (κ2) is 9.66. The average molecular weight is 477 g/mol. The third-order valence-electron chi connectivity index (χ3n) is 6.53. The van der Waals surface area contributed by atoms with Crippen LogP contribution in [0, 0.1) is 11.3 Å². The van der Waals surface area contributed by atoms with Gasteiger partial charge >= 0.3 is 6.03 Å². The fourth-order valence-corrected chi connectivity index (χ4v) is 5.74. The van der Waals surface area contributed by atoms with Crippen LogP contribution in [0.4, 0.5) is 9.93 Å². The number of nitrogens with one attached hydrogen (secondary N) is 1. The topological polar surface area (TPSA) is 93.9 Å². The Morgan fingerprint density at radius 1 is 1.24 bits per heavy atom. The van der Waals surface area contributed by atoms with Crippen LogP contribution in [0.2, 0.25) is 0 Å². The van der Waals surface area contributed by atoms with Crippen molar-refractivity contribution in [2.45, 2.75) is 32.2 Å². The van der Waals surface area contributed by atoms with E-state index in [1.54, 1.807) is 6.07 Å². The molecular formula is C25H28N6O2S. The molecule has 1 atom stereocenters. The van der Waals surface area contributed by atoms with Gasteiger partial charge in [0.25, 0.3) is 0 Å². The first kappa shape index (κ1) is 22.7. The predicted molar refractivity (Wildman–Crippen MR) is 133 cm³/mol. The van der Waals surface area contributed by atoms with Gasteiger partial charge in [0.15, 0.2) is 5.13 Å². The number of piperazine rings is 1. The molecule has 0 bridgehead atoms. The molecule has 176 valence electrons. The monoisotopic (exact) mass is 476 g/mol. The molecule has 0 radical (unpaired) electrons. The molecule has 0 aliphatic carbocycles. The normalized spacial score (nSPS) is 21.3. The second-order valence-electron chi connectivity index (χ2n) is 9.03. The van der Waals surface area contributed by atoms with E-state index in [0.717, 1.165) is 60.3 Å². The maximum Gasteiger partial charge on any atom is 0.323 e. The van der Waals surface area contributed by atoms with Crippen LogP contribution >= 0.6 is 11.3 Å². The number of anilines is 1. The summed E-state index contributed by atoms with van der Waals surface area (Å²) >= 11 is 1.51. The van der Waals surface area contributed by atoms with Gasteiger partial charge in [-0.2, -0.15) is 5.26 Å². The first-order chi connectivity index (χ1) is 16.5. The quantitative estimate of drug-likeness (QED) is 0.718. The number of carbonyl (C=O) groups excluding carboxylic acids is 1. The average Bonchev–Trinajstić information content (AvgIpc) is 3.22. The number of urea groups is 1. The number of hydrogen-bond donors (Lipinski definition) is 1. The van der Waals surface area contributed by atoms with E-state index in [1.165, 1.54) is 11.3 Å². The molecule has 1 unspecified atom stereocenters. The minimum Gasteiger partial charge on any atom is -0.378 e. The number of rotatable bonds is 4. The Kier molecular flexibility index (Phi) is 6.46. The van der Waals surface area contributed by atoms with Gasteiger partial charge in [0.1, 0.15) is 0 Å². The van der Waals surface area contributed by atoms with Gasteiger partial charge in [0.2, 0.25) is 0 Å². The number of aliphatic imine (C=N–C) groups is 1. The fourth-order valence-electron chi connectivity index (χ4n) is 4.70. The Balaban J connectivity index is 1.37. The van der Waals surface area contributed by atoms with Crippen LogP contribution in [0.1, 0.15) is 36.6 Å². The first-order valence-electron chi connectivity index (χ1n) is 11.6. The van der Waals surface area contributed by atoms with Crippen molar-refractivity contribution in [1.29, 1.82) is 5.26 Å². The summed E-state index contributed by atoms with van der Waals surface area (Å²) in [6, 6.07) is 10.1. The van der Waals surface area contributed by atoms with Crippen molar-refractivity contribution in [2.24, 2.45) is 4.99 Å². The summed E-state index contributed by atoms with van der Waals surface area (Å²) in [6.45, 7) is 8.74. The Bertz CT molecular complexity index is 1180. The minimum atomic E-state index is -0.116. The van der Waals surface area contributed by atoms with Crippen molar-refractivity contribution in [1.82, 2.24) is 14.8 Å². The Morgan fingerprint density at radius 2 is 2.03 bits per heavy atom. The molecule has 3 aliphatic heterocycles. The lowest BCUT2D eigenvalue weighted by Crippen LogP contribution is -2.57. The molecule has 2 fully saturated rings. The van der Waals surface area contributed by atoms with Crippen molar-refractivity contribution >= 4 is 28.2 Å². The smallest absolute Gasteiger partial charge is 0.323 e. The highest BCUT2D eigenvalue weighted by Crippen LogP contribution is 2.40. The summed E-state index contributed by atoms with van der Waals surface area (Å²) < 4.78 is 5.30. The van der Waals surface area contributed by atoms with Crippen molar-refractivity contribution in [3.63, 3.8) is 0 Å². The number of ether oxygens (including phenoxy) is 1. The number of amides is 2. The van der Waals surface area contributed by atoms with Gasteiger partial charge in [0.05, 0.1) is 36.6 Å². The van der Waals surface area contributed by atoms with Gasteiger partial charge in [-0.3, -0.25) is 15.2 Å². The van der Waals surface area contributed by atoms with Crippen LogP contribution in [-0.4, -0.2) is 72.0 Å². The molecule has 0 spiro atoms. The Morgan fingerprint density at radius 3 is 2.71 bits per heavy atom. The molecule has 3 aliphatic rings. The summed E-state index contributed by atoms with van der Waals surface area (Å²) in [5, 5.41) is 13.0. The molecule has 2 amide bonds. The van der Waals surface area contributed by atoms with Crippen molar-refractivity contribution < 1.29 is 9.53 Å². The maximum atomic E-state index is 13.0. The minimum absolute atomic E-state index is 0.116. The van der Waals surface area contributed by atoms with E-state index in [2.05, 4.69) is 27.4 Å². The number of thiazole rings is 1. The van der Waals surface area contributed by atoms with Crippen molar-refractivity contribution in [3.8, 4) is 17.3 Å². The van der Waals surface area contributed by atoms with Crippen LogP contribution in [0.25, 0.3) is 11.3 Å². The second-order valence-corrected chi connectivity index (χ2v) is 10.1. The van der Waals surface area contributed by atoms with E-state index in [4.69, 9.17) is 9.72 Å². The van der Waals surface area contributed by atoms with Gasteiger partial charge in [-0.05, 0) is 32.4 Å². The third-order valence-corrected chi connectivity index (χ3v) is 7.64. The van der Waals surface area contributed by atoms with Crippen LogP contribution in [0.3, 0.4) is 0 Å². The standard InChI is InChI=1S/C25H28N6O2S/c1-16-10-20(11-17(2)27-16)23-22(19-5-3-4-18(12-19)13-26)28-24(34-23)29-25(32)31-8-6-30(7-9-31)21-14-33-15-21/h3-5,10,12,20-21H,6-9,11,14-15H2,1-2H3,(H,28,29,32). The summed E-state index contributed by atoms with van der Waals surface area (Å²) in [5.41, 5.74) is 4.35. The van der Waals surface area contributed by atoms with Gasteiger partial charge < -0.3 is 9.64 Å². The number of benzene rings is 1. The van der Waals surface area contributed by atoms with Crippen LogP contribution in [-0.2, 0) is 4.74 Å². The third kappa shape index (κ3) is 4.75. The zero-order valence-electron chi connectivity index (χ0n) is 19.5. The highest BCUT2D eigenvalue weighted by atomic mass is 32.1. The van der Waals surface area contributed by atoms with E-state index in [0.29, 0.717) is 29.8 Å². The highest BCUT2D eigenvalue weighted by Gasteiger charge is 2.31. The van der Waals surface area contributed by atoms with Crippen LogP contribution in [0.15, 0.2) is 41.0 Å². The number of aromatic nitrogens is 1. The highest BCUT2D eigenvalue weighted by molar-refractivity contribution is 7.16. The lowest BCUT2D eigenvalue weighted by atomic mass is 9.94. The Labute approximate surface area is 203 Å². The number of nitrogens with zero attached hydrogens (tertiary/aromatic N) is 5. The van der Waals surface area contributed by atoms with Crippen molar-refractivity contribution in [3.05, 3.63) is 46.5 Å². The van der Waals surface area contributed by atoms with Gasteiger partial charge in [0, 0.05) is 53.9 Å². The molecule has 5 rings (SSSR count). The van der Waals surface area contributed by atoms with Crippen molar-refractivity contribution in [2.75, 3.05) is 44.7 Å². The molecule has 1 aromatic heterocycles. The summed E-state index contributed by atoms with van der Waals surface area (Å²) in [6.07, 6.45) is 2.97. The lowest BCUT2D eigenvalue weighted by molar-refractivity contribution is -0.0737. The first-order valence-corrected chi connectivity index (χ1v) is 12.4. The molecule has 2 saturated heterocycles. The van der Waals surface area contributed by atoms with Gasteiger partial charge in [-0.25, -0.2) is 9.78 Å². The van der Waals surface area contributed by atoms with E-state index in [9.17, 15) is 10.1 Å². The van der Waals surface area contributed by atoms with E-state index in [-0.39, 0.29) is 11.9 Å². The number of allylic oxidation sites excluding steroid dienone is 2. The largest absolute Gasteiger partial charge is 0.378 e. The zero-order valence-corrected chi connectivity index (χ0v) is 20.3. The summed E-state index contributed by atoms with van der Waals surface area (Å²) in [5.74, 6) is 0.134. The molecule has 1 aromatic carbocycles. The molecule has 0 saturated carbocycles. The van der Waals surface area contributed by atoms with E-state index < -0.39 is 0 Å². The van der Waals surface area contributed by atoms with Crippen LogP contribution in [0.5, 0.6) is 0 Å². The molecule has 8 nitrogen and oxygen atoms in total. The molecule has 2 aromatic rings. The molecular weight excluding hydrogens is 448 g/mol. The van der Waals surface area contributed by atoms with Gasteiger partial charge in [-0.1, -0.05) is 18.2 Å².